The summed E-state index contributed by atoms with van der Waals surface area (Å²) < 4.78 is 33.0. The average Bonchev–Trinajstić information content (AvgIpc) is 2.70. The molecule has 0 aliphatic rings. The van der Waals surface area contributed by atoms with Crippen LogP contribution in [-0.2, 0) is 9.59 Å². The van der Waals surface area contributed by atoms with Crippen molar-refractivity contribution in [3.63, 3.8) is 0 Å². The van der Waals surface area contributed by atoms with Crippen LogP contribution in [0.1, 0.15) is 15.9 Å². The van der Waals surface area contributed by atoms with E-state index >= 15 is 0 Å². The third-order valence-corrected chi connectivity index (χ3v) is 4.92. The van der Waals surface area contributed by atoms with Gasteiger partial charge in [-0.25, -0.2) is 8.78 Å². The number of halogens is 2. The summed E-state index contributed by atoms with van der Waals surface area (Å²) in [5.74, 6) is -3.24. The van der Waals surface area contributed by atoms with Gasteiger partial charge in [-0.1, -0.05) is 18.2 Å². The van der Waals surface area contributed by atoms with Gasteiger partial charge in [-0.2, -0.15) is 0 Å². The second-order valence-electron chi connectivity index (χ2n) is 5.95. The lowest BCUT2D eigenvalue weighted by Gasteiger charge is -2.16. The second-order valence-corrected chi connectivity index (χ2v) is 7.11. The number of nitrogens with one attached hydrogen (secondary N) is 1. The molecular weight excluding hydrogens is 402 g/mol. The van der Waals surface area contributed by atoms with Crippen LogP contribution in [0.4, 0.5) is 8.78 Å². The number of ether oxygens (including phenoxy) is 1. The van der Waals surface area contributed by atoms with Crippen LogP contribution in [0.3, 0.4) is 0 Å². The van der Waals surface area contributed by atoms with Gasteiger partial charge < -0.3 is 10.1 Å². The molecule has 9 heteroatoms. The number of nitrogens with zero attached hydrogens (tertiary/aromatic N) is 1. The third kappa shape index (κ3) is 6.02. The summed E-state index contributed by atoms with van der Waals surface area (Å²) in [6, 6.07) is 9.03. The summed E-state index contributed by atoms with van der Waals surface area (Å²) in [6.45, 7) is 1.33. The molecule has 0 radical (unpaired) electrons. The Balaban J connectivity index is 1.98. The number of carbonyl (C=O) groups is 3. The van der Waals surface area contributed by atoms with Crippen LogP contribution in [0.5, 0.6) is 5.75 Å². The largest absolute Gasteiger partial charge is 0.478 e. The number of imide groups is 1. The maximum absolute atomic E-state index is 14.1. The van der Waals surface area contributed by atoms with Gasteiger partial charge in [0.05, 0.1) is 0 Å². The van der Waals surface area contributed by atoms with Crippen LogP contribution >= 0.6 is 11.8 Å². The molecule has 0 atom stereocenters. The van der Waals surface area contributed by atoms with Gasteiger partial charge in [-0.3, -0.25) is 19.3 Å². The van der Waals surface area contributed by atoms with Gasteiger partial charge in [0.2, 0.25) is 6.41 Å². The molecule has 0 aliphatic heterocycles. The van der Waals surface area contributed by atoms with E-state index in [2.05, 4.69) is 5.32 Å². The Kier molecular flexibility index (Phi) is 8.14. The highest BCUT2D eigenvalue weighted by molar-refractivity contribution is 7.99. The Morgan fingerprint density at radius 3 is 2.45 bits per heavy atom. The number of hydrogen-bond donors (Lipinski definition) is 1. The van der Waals surface area contributed by atoms with Gasteiger partial charge in [0.25, 0.3) is 11.8 Å². The van der Waals surface area contributed by atoms with Gasteiger partial charge in [0, 0.05) is 29.8 Å². The molecule has 2 aromatic carbocycles. The number of likely N-dealkylation sites (N-methyl/N-ethyl adjacent to an activating group) is 1. The van der Waals surface area contributed by atoms with Crippen LogP contribution in [0.15, 0.2) is 41.3 Å². The van der Waals surface area contributed by atoms with E-state index in [0.29, 0.717) is 12.0 Å². The molecule has 2 aromatic rings. The lowest BCUT2D eigenvalue weighted by atomic mass is 10.1. The van der Waals surface area contributed by atoms with E-state index in [-0.39, 0.29) is 17.2 Å². The second kappa shape index (κ2) is 10.6. The first-order valence-electron chi connectivity index (χ1n) is 8.64. The van der Waals surface area contributed by atoms with Crippen LogP contribution < -0.4 is 10.1 Å². The van der Waals surface area contributed by atoms with Crippen molar-refractivity contribution in [3.05, 3.63) is 59.2 Å². The molecule has 0 aliphatic carbocycles. The normalized spacial score (nSPS) is 10.3. The van der Waals surface area contributed by atoms with Crippen LogP contribution in [0, 0.1) is 18.6 Å². The maximum atomic E-state index is 14.1. The summed E-state index contributed by atoms with van der Waals surface area (Å²) in [4.78, 5) is 36.2. The molecule has 6 nitrogen and oxygen atoms in total. The number of benzene rings is 2. The van der Waals surface area contributed by atoms with E-state index in [1.807, 2.05) is 0 Å². The van der Waals surface area contributed by atoms with Crippen molar-refractivity contribution in [2.24, 2.45) is 0 Å². The summed E-state index contributed by atoms with van der Waals surface area (Å²) in [6.07, 6.45) is 0.437. The molecule has 2 rings (SSSR count). The highest BCUT2D eigenvalue weighted by Gasteiger charge is 2.18. The zero-order chi connectivity index (χ0) is 21.4. The van der Waals surface area contributed by atoms with Crippen molar-refractivity contribution in [2.75, 3.05) is 26.0 Å². The van der Waals surface area contributed by atoms with Crippen LogP contribution in [0.25, 0.3) is 0 Å². The van der Waals surface area contributed by atoms with E-state index in [1.54, 1.807) is 31.2 Å². The number of hydrogen-bond acceptors (Lipinski definition) is 5. The topological polar surface area (TPSA) is 75.7 Å². The fraction of sp³-hybridized carbons (Fsp3) is 0.250. The molecule has 0 saturated carbocycles. The minimum Gasteiger partial charge on any atom is -0.478 e. The zero-order valence-corrected chi connectivity index (χ0v) is 16.7. The number of thioether (sulfide) groups is 1. The van der Waals surface area contributed by atoms with Gasteiger partial charge in [-0.15, -0.1) is 11.8 Å². The quantitative estimate of drug-likeness (QED) is 0.497. The summed E-state index contributed by atoms with van der Waals surface area (Å²) >= 11 is 1.08. The van der Waals surface area contributed by atoms with Crippen LogP contribution in [-0.4, -0.2) is 49.1 Å². The zero-order valence-electron chi connectivity index (χ0n) is 15.9. The van der Waals surface area contributed by atoms with Crippen molar-refractivity contribution in [1.82, 2.24) is 10.2 Å². The van der Waals surface area contributed by atoms with Gasteiger partial charge in [0.1, 0.15) is 0 Å². The Hall–Kier alpha value is -2.94. The van der Waals surface area contributed by atoms with Crippen LogP contribution in [0.2, 0.25) is 0 Å². The molecular formula is C20H20F2N2O4S. The summed E-state index contributed by atoms with van der Waals surface area (Å²) in [5, 5.41) is 2.28. The van der Waals surface area contributed by atoms with E-state index in [4.69, 9.17) is 4.74 Å². The fourth-order valence-corrected chi connectivity index (χ4v) is 3.30. The molecule has 0 saturated heterocycles. The lowest BCUT2D eigenvalue weighted by molar-refractivity contribution is -0.122. The van der Waals surface area contributed by atoms with Gasteiger partial charge in [0.15, 0.2) is 24.0 Å². The first kappa shape index (κ1) is 22.4. The van der Waals surface area contributed by atoms with Crippen molar-refractivity contribution in [1.29, 1.82) is 0 Å². The van der Waals surface area contributed by atoms with E-state index in [1.165, 1.54) is 7.05 Å². The maximum Gasteiger partial charge on any atom is 0.260 e. The number of aryl methyl sites for hydroxylation is 1. The molecule has 0 unspecified atom stereocenters. The summed E-state index contributed by atoms with van der Waals surface area (Å²) in [7, 11) is 1.38. The molecule has 29 heavy (non-hydrogen) atoms. The van der Waals surface area contributed by atoms with E-state index < -0.39 is 35.8 Å². The van der Waals surface area contributed by atoms with E-state index in [0.717, 1.165) is 34.4 Å². The molecule has 0 fully saturated rings. The minimum absolute atomic E-state index is 0.0689. The first-order chi connectivity index (χ1) is 13.9. The molecule has 1 N–H and O–H groups in total. The molecule has 3 amide bonds. The fourth-order valence-electron chi connectivity index (χ4n) is 2.40. The van der Waals surface area contributed by atoms with Gasteiger partial charge >= 0.3 is 0 Å². The molecule has 154 valence electrons. The average molecular weight is 422 g/mol. The lowest BCUT2D eigenvalue weighted by Crippen LogP contribution is -2.32. The molecule has 0 bridgehead atoms. The number of rotatable bonds is 9. The Morgan fingerprint density at radius 2 is 1.86 bits per heavy atom. The smallest absolute Gasteiger partial charge is 0.260 e. The van der Waals surface area contributed by atoms with Crippen molar-refractivity contribution in [2.45, 2.75) is 11.8 Å². The highest BCUT2D eigenvalue weighted by atomic mass is 32.2. The number of amides is 3. The van der Waals surface area contributed by atoms with Gasteiger partial charge in [-0.05, 0) is 30.7 Å². The Morgan fingerprint density at radius 1 is 1.21 bits per heavy atom. The standard InChI is InChI=1S/C20H20F2N2O4S/c1-13-5-3-4-6-15(13)20(27)24(12-25)7-8-29-14-9-16(21)19(17(22)10-14)28-11-18(26)23-2/h3-6,9-10,12H,7-8,11H2,1-2H3,(H,23,26). The van der Waals surface area contributed by atoms with E-state index in [9.17, 15) is 23.2 Å². The minimum atomic E-state index is -0.945. The molecule has 0 spiro atoms. The Bertz CT molecular complexity index is 885. The van der Waals surface area contributed by atoms with Crippen molar-refractivity contribution in [3.8, 4) is 5.75 Å². The predicted octanol–water partition coefficient (Wildman–Crippen LogP) is 2.79. The van der Waals surface area contributed by atoms with Crippen molar-refractivity contribution < 1.29 is 27.9 Å². The summed E-state index contributed by atoms with van der Waals surface area (Å²) in [5.41, 5.74) is 1.16. The first-order valence-corrected chi connectivity index (χ1v) is 9.63. The SMILES string of the molecule is CNC(=O)COc1c(F)cc(SCCN(C=O)C(=O)c2ccccc2C)cc1F. The number of carbonyl (C=O) groups excluding carboxylic acids is 3. The van der Waals surface area contributed by atoms with Crippen molar-refractivity contribution >= 4 is 30.0 Å². The predicted molar refractivity (Wildman–Crippen MR) is 105 cm³/mol. The molecule has 0 aromatic heterocycles. The monoisotopic (exact) mass is 422 g/mol. The molecule has 0 heterocycles. The third-order valence-electron chi connectivity index (χ3n) is 3.96. The highest BCUT2D eigenvalue weighted by Crippen LogP contribution is 2.28. The Labute approximate surface area is 171 Å².